The van der Waals surface area contributed by atoms with Crippen LogP contribution in [0.3, 0.4) is 0 Å². The number of benzene rings is 2. The monoisotopic (exact) mass is 378 g/mol. The lowest BCUT2D eigenvalue weighted by Crippen LogP contribution is -2.37. The zero-order chi connectivity index (χ0) is 19.0. The molecule has 8 heteroatoms. The van der Waals surface area contributed by atoms with E-state index in [1.165, 1.54) is 19.2 Å². The summed E-state index contributed by atoms with van der Waals surface area (Å²) in [5, 5.41) is 6.35. The minimum Gasteiger partial charge on any atom is -0.356 e. The smallest absolute Gasteiger partial charge is 0.240 e. The molecule has 0 radical (unpaired) electrons. The molecular formula is C18H23FN4O2S. The van der Waals surface area contributed by atoms with Crippen molar-refractivity contribution in [3.05, 3.63) is 65.5 Å². The van der Waals surface area contributed by atoms with E-state index in [1.54, 1.807) is 43.4 Å². The first kappa shape index (κ1) is 19.9. The number of nitrogens with one attached hydrogen (secondary N) is 3. The molecule has 26 heavy (non-hydrogen) atoms. The molecule has 0 amide bonds. The number of guanidine groups is 1. The topological polar surface area (TPSA) is 82.6 Å². The molecule has 0 unspecified atom stereocenters. The second kappa shape index (κ2) is 9.30. The average molecular weight is 378 g/mol. The number of sulfonamides is 1. The van der Waals surface area contributed by atoms with E-state index in [4.69, 9.17) is 0 Å². The summed E-state index contributed by atoms with van der Waals surface area (Å²) in [6, 6.07) is 13.0. The third-order valence-electron chi connectivity index (χ3n) is 3.81. The maximum absolute atomic E-state index is 12.9. The average Bonchev–Trinajstić information content (AvgIpc) is 2.66. The molecule has 3 N–H and O–H groups in total. The largest absolute Gasteiger partial charge is 0.356 e. The van der Waals surface area contributed by atoms with Gasteiger partial charge in [-0.25, -0.2) is 17.5 Å². The molecule has 0 heterocycles. The van der Waals surface area contributed by atoms with Gasteiger partial charge in [0.25, 0.3) is 0 Å². The predicted octanol–water partition coefficient (Wildman–Crippen LogP) is 1.64. The summed E-state index contributed by atoms with van der Waals surface area (Å²) in [5.41, 5.74) is 1.97. The molecule has 0 aliphatic heterocycles. The quantitative estimate of drug-likeness (QED) is 0.505. The highest BCUT2D eigenvalue weighted by Crippen LogP contribution is 2.10. The first-order valence-electron chi connectivity index (χ1n) is 8.16. The Morgan fingerprint density at radius 2 is 1.62 bits per heavy atom. The molecule has 0 aromatic heterocycles. The van der Waals surface area contributed by atoms with Crippen LogP contribution in [0.4, 0.5) is 4.39 Å². The van der Waals surface area contributed by atoms with Gasteiger partial charge in [0, 0.05) is 20.1 Å². The summed E-state index contributed by atoms with van der Waals surface area (Å²) in [6.45, 7) is 1.17. The molecule has 0 saturated carbocycles. The van der Waals surface area contributed by atoms with E-state index >= 15 is 0 Å². The van der Waals surface area contributed by atoms with Gasteiger partial charge < -0.3 is 10.6 Å². The fourth-order valence-electron chi connectivity index (χ4n) is 2.29. The zero-order valence-electron chi connectivity index (χ0n) is 14.8. The molecule has 2 rings (SSSR count). The summed E-state index contributed by atoms with van der Waals surface area (Å²) < 4.78 is 38.6. The number of rotatable bonds is 7. The Morgan fingerprint density at radius 3 is 2.19 bits per heavy atom. The fraction of sp³-hybridized carbons (Fsp3) is 0.278. The third-order valence-corrected chi connectivity index (χ3v) is 5.24. The van der Waals surface area contributed by atoms with Crippen LogP contribution in [0.5, 0.6) is 0 Å². The summed E-state index contributed by atoms with van der Waals surface area (Å²) in [5.74, 6) is 0.395. The van der Waals surface area contributed by atoms with Gasteiger partial charge in [0.05, 0.1) is 4.90 Å². The van der Waals surface area contributed by atoms with Crippen LogP contribution in [-0.2, 0) is 23.0 Å². The minimum absolute atomic E-state index is 0.227. The SMILES string of the molecule is CN=C(NCCc1ccc(F)cc1)NCc1ccc(S(=O)(=O)NC)cc1. The molecular weight excluding hydrogens is 355 g/mol. The van der Waals surface area contributed by atoms with E-state index in [-0.39, 0.29) is 10.7 Å². The van der Waals surface area contributed by atoms with E-state index < -0.39 is 10.0 Å². The number of aliphatic imine (C=N–C) groups is 1. The van der Waals surface area contributed by atoms with Crippen molar-refractivity contribution in [3.63, 3.8) is 0 Å². The molecule has 2 aromatic rings. The van der Waals surface area contributed by atoms with Crippen LogP contribution >= 0.6 is 0 Å². The van der Waals surface area contributed by atoms with Gasteiger partial charge in [-0.1, -0.05) is 24.3 Å². The third kappa shape index (κ3) is 5.82. The van der Waals surface area contributed by atoms with Gasteiger partial charge in [-0.15, -0.1) is 0 Å². The predicted molar refractivity (Wildman–Crippen MR) is 101 cm³/mol. The first-order chi connectivity index (χ1) is 12.4. The van der Waals surface area contributed by atoms with Crippen molar-refractivity contribution in [3.8, 4) is 0 Å². The van der Waals surface area contributed by atoms with E-state index in [9.17, 15) is 12.8 Å². The van der Waals surface area contributed by atoms with Crippen LogP contribution in [0.1, 0.15) is 11.1 Å². The highest BCUT2D eigenvalue weighted by Gasteiger charge is 2.10. The van der Waals surface area contributed by atoms with E-state index in [2.05, 4.69) is 20.3 Å². The molecule has 0 bridgehead atoms. The summed E-state index contributed by atoms with van der Waals surface area (Å²) in [4.78, 5) is 4.37. The molecule has 6 nitrogen and oxygen atoms in total. The lowest BCUT2D eigenvalue weighted by atomic mass is 10.1. The summed E-state index contributed by atoms with van der Waals surface area (Å²) in [6.07, 6.45) is 0.748. The Balaban J connectivity index is 1.82. The van der Waals surface area contributed by atoms with Gasteiger partial charge in [-0.2, -0.15) is 0 Å². The lowest BCUT2D eigenvalue weighted by Gasteiger charge is -2.12. The van der Waals surface area contributed by atoms with Crippen molar-refractivity contribution in [2.24, 2.45) is 4.99 Å². The van der Waals surface area contributed by atoms with Crippen LogP contribution in [0.2, 0.25) is 0 Å². The van der Waals surface area contributed by atoms with Crippen molar-refractivity contribution < 1.29 is 12.8 Å². The Hall–Kier alpha value is -2.45. The van der Waals surface area contributed by atoms with E-state index in [1.807, 2.05) is 0 Å². The molecule has 0 fully saturated rings. The molecule has 0 aliphatic rings. The maximum Gasteiger partial charge on any atom is 0.240 e. The lowest BCUT2D eigenvalue weighted by molar-refractivity contribution is 0.588. The zero-order valence-corrected chi connectivity index (χ0v) is 15.6. The Labute approximate surface area is 153 Å². The molecule has 2 aromatic carbocycles. The molecule has 140 valence electrons. The van der Waals surface area contributed by atoms with Crippen molar-refractivity contribution in [1.29, 1.82) is 0 Å². The van der Waals surface area contributed by atoms with Crippen molar-refractivity contribution in [2.75, 3.05) is 20.6 Å². The minimum atomic E-state index is -3.42. The van der Waals surface area contributed by atoms with Gasteiger partial charge in [-0.3, -0.25) is 4.99 Å². The molecule has 0 aliphatic carbocycles. The van der Waals surface area contributed by atoms with Crippen LogP contribution in [0.25, 0.3) is 0 Å². The number of nitrogens with zero attached hydrogens (tertiary/aromatic N) is 1. The van der Waals surface area contributed by atoms with Crippen molar-refractivity contribution in [2.45, 2.75) is 17.9 Å². The Bertz CT molecular complexity index is 834. The van der Waals surface area contributed by atoms with Crippen molar-refractivity contribution in [1.82, 2.24) is 15.4 Å². The van der Waals surface area contributed by atoms with Crippen LogP contribution in [0, 0.1) is 5.82 Å². The molecule has 0 atom stereocenters. The second-order valence-corrected chi connectivity index (χ2v) is 7.47. The summed E-state index contributed by atoms with van der Waals surface area (Å²) in [7, 11) is -0.364. The number of halogens is 1. The van der Waals surface area contributed by atoms with Gasteiger partial charge >= 0.3 is 0 Å². The van der Waals surface area contributed by atoms with Gasteiger partial charge in [0.2, 0.25) is 10.0 Å². The summed E-state index contributed by atoms with van der Waals surface area (Å²) >= 11 is 0. The van der Waals surface area contributed by atoms with Gasteiger partial charge in [0.15, 0.2) is 5.96 Å². The fourth-order valence-corrected chi connectivity index (χ4v) is 3.02. The number of hydrogen-bond acceptors (Lipinski definition) is 3. The highest BCUT2D eigenvalue weighted by atomic mass is 32.2. The van der Waals surface area contributed by atoms with Crippen molar-refractivity contribution >= 4 is 16.0 Å². The van der Waals surface area contributed by atoms with Crippen LogP contribution in [-0.4, -0.2) is 35.0 Å². The van der Waals surface area contributed by atoms with Crippen LogP contribution < -0.4 is 15.4 Å². The molecule has 0 spiro atoms. The maximum atomic E-state index is 12.9. The van der Waals surface area contributed by atoms with Gasteiger partial charge in [0.1, 0.15) is 5.82 Å². The number of hydrogen-bond donors (Lipinski definition) is 3. The Morgan fingerprint density at radius 1 is 1.00 bits per heavy atom. The molecule has 0 saturated heterocycles. The van der Waals surface area contributed by atoms with Crippen LogP contribution in [0.15, 0.2) is 58.4 Å². The Kier molecular flexibility index (Phi) is 7.11. The van der Waals surface area contributed by atoms with E-state index in [0.717, 1.165) is 17.5 Å². The van der Waals surface area contributed by atoms with E-state index in [0.29, 0.717) is 19.0 Å². The standard InChI is InChI=1S/C18H23FN4O2S/c1-20-18(22-12-11-14-3-7-16(19)8-4-14)23-13-15-5-9-17(10-6-15)26(24,25)21-2/h3-10,21H,11-13H2,1-2H3,(H2,20,22,23). The highest BCUT2D eigenvalue weighted by molar-refractivity contribution is 7.89. The van der Waals surface area contributed by atoms with Gasteiger partial charge in [-0.05, 0) is 48.9 Å². The normalized spacial score (nSPS) is 12.0. The second-order valence-electron chi connectivity index (χ2n) is 5.58. The first-order valence-corrected chi connectivity index (χ1v) is 9.64.